The van der Waals surface area contributed by atoms with Gasteiger partial charge in [0.25, 0.3) is 0 Å². The highest BCUT2D eigenvalue weighted by Crippen LogP contribution is 2.57. The normalized spacial score (nSPS) is 19.4. The van der Waals surface area contributed by atoms with Gasteiger partial charge in [0.15, 0.2) is 0 Å². The summed E-state index contributed by atoms with van der Waals surface area (Å²) in [5, 5.41) is 0. The number of fused-ring (bicyclic) bond motifs is 9. The van der Waals surface area contributed by atoms with Gasteiger partial charge in [-0.1, -0.05) is 192 Å². The van der Waals surface area contributed by atoms with E-state index in [1.54, 1.807) is 0 Å². The molecule has 0 saturated carbocycles. The van der Waals surface area contributed by atoms with E-state index in [2.05, 4.69) is 259 Å². The number of nitrogens with zero attached hydrogens (tertiary/aromatic N) is 1. The lowest BCUT2D eigenvalue weighted by atomic mass is 9.74. The van der Waals surface area contributed by atoms with Crippen molar-refractivity contribution in [3.63, 3.8) is 0 Å². The zero-order valence-electron chi connectivity index (χ0n) is 41.2. The van der Waals surface area contributed by atoms with Crippen LogP contribution in [0, 0.1) is 12.8 Å². The fourth-order valence-corrected chi connectivity index (χ4v) is 13.3. The maximum atomic E-state index is 2.56. The van der Waals surface area contributed by atoms with E-state index in [1.807, 2.05) is 0 Å². The summed E-state index contributed by atoms with van der Waals surface area (Å²) in [5.41, 5.74) is 27.3. The van der Waals surface area contributed by atoms with Crippen LogP contribution >= 0.6 is 0 Å². The summed E-state index contributed by atoms with van der Waals surface area (Å²) in [7, 11) is 0. The summed E-state index contributed by atoms with van der Waals surface area (Å²) in [4.78, 5) is 2.56. The zero-order chi connectivity index (χ0) is 47.5. The van der Waals surface area contributed by atoms with Crippen LogP contribution in [0.4, 0.5) is 17.1 Å². The summed E-state index contributed by atoms with van der Waals surface area (Å²) < 4.78 is 0. The number of allylic oxidation sites excluding steroid dienone is 2. The molecule has 70 heavy (non-hydrogen) atoms. The fraction of sp³-hybridized carbons (Fsp3) is 0.188. The first-order valence-corrected chi connectivity index (χ1v) is 25.5. The third-order valence-corrected chi connectivity index (χ3v) is 17.2. The molecule has 4 aliphatic carbocycles. The number of rotatable bonds is 7. The standard InChI is InChI=1S/C69H59N/c1-43-16-13-14-23-55(43)51-22-15-21-47(36-51)50-26-32-59-61-35-29-54(42-67(61)69(5,6)65(59)39-50)70(52-27-33-57-56-30-24-48(45-17-9-7-10-18-45)37-62(56)44(2)63(57)40-52)53-28-34-60-58-31-25-49(46-19-11-8-12-20-46)38-64(58)68(3,4)66(60)41-53/h7-36,38-42,44,48,56,62H,37H2,1-6H3. The van der Waals surface area contributed by atoms with Crippen molar-refractivity contribution in [1.29, 1.82) is 0 Å². The maximum Gasteiger partial charge on any atom is 0.0465 e. The molecule has 9 aromatic rings. The van der Waals surface area contributed by atoms with Crippen LogP contribution in [0.25, 0.3) is 55.6 Å². The average molecular weight is 902 g/mol. The Bertz CT molecular complexity index is 3570. The molecule has 0 spiro atoms. The van der Waals surface area contributed by atoms with Gasteiger partial charge in [0.05, 0.1) is 0 Å². The quantitative estimate of drug-likeness (QED) is 0.144. The van der Waals surface area contributed by atoms with Crippen molar-refractivity contribution >= 4 is 17.1 Å². The highest BCUT2D eigenvalue weighted by atomic mass is 15.1. The molecule has 0 bridgehead atoms. The molecule has 4 aliphatic rings. The summed E-state index contributed by atoms with van der Waals surface area (Å²) in [6.07, 6.45) is 6.19. The van der Waals surface area contributed by atoms with Crippen molar-refractivity contribution in [2.75, 3.05) is 4.90 Å². The van der Waals surface area contributed by atoms with Gasteiger partial charge >= 0.3 is 0 Å². The van der Waals surface area contributed by atoms with Crippen LogP contribution in [0.1, 0.15) is 103 Å². The first-order chi connectivity index (χ1) is 34.0. The highest BCUT2D eigenvalue weighted by Gasteiger charge is 2.42. The molecule has 1 heteroatoms. The molecule has 340 valence electrons. The lowest BCUT2D eigenvalue weighted by molar-refractivity contribution is 0.383. The van der Waals surface area contributed by atoms with Crippen LogP contribution in [0.3, 0.4) is 0 Å². The Morgan fingerprint density at radius 3 is 1.54 bits per heavy atom. The molecule has 1 nitrogen and oxygen atoms in total. The molecule has 0 fully saturated rings. The molecular formula is C69H59N. The van der Waals surface area contributed by atoms with Gasteiger partial charge in [0, 0.05) is 39.7 Å². The van der Waals surface area contributed by atoms with Gasteiger partial charge in [0.2, 0.25) is 0 Å². The van der Waals surface area contributed by atoms with Crippen molar-refractivity contribution in [2.45, 2.75) is 76.5 Å². The number of benzene rings is 9. The second kappa shape index (κ2) is 16.0. The Hall–Kier alpha value is -7.48. The minimum atomic E-state index is -0.211. The van der Waals surface area contributed by atoms with Gasteiger partial charge in [-0.2, -0.15) is 0 Å². The van der Waals surface area contributed by atoms with Crippen molar-refractivity contribution in [1.82, 2.24) is 0 Å². The van der Waals surface area contributed by atoms with Gasteiger partial charge in [-0.15, -0.1) is 0 Å². The number of hydrogen-bond donors (Lipinski definition) is 0. The molecule has 9 aromatic carbocycles. The van der Waals surface area contributed by atoms with Crippen molar-refractivity contribution < 1.29 is 0 Å². The van der Waals surface area contributed by atoms with Crippen molar-refractivity contribution in [2.24, 2.45) is 5.92 Å². The molecule has 0 saturated heterocycles. The predicted octanol–water partition coefficient (Wildman–Crippen LogP) is 18.6. The third-order valence-electron chi connectivity index (χ3n) is 17.2. The van der Waals surface area contributed by atoms with E-state index in [1.165, 1.54) is 124 Å². The Labute approximate surface area is 414 Å². The van der Waals surface area contributed by atoms with E-state index in [0.29, 0.717) is 23.7 Å². The van der Waals surface area contributed by atoms with E-state index in [0.717, 1.165) is 0 Å². The van der Waals surface area contributed by atoms with Crippen molar-refractivity contribution in [3.05, 3.63) is 257 Å². The molecule has 0 aromatic heterocycles. The minimum Gasteiger partial charge on any atom is -0.310 e. The topological polar surface area (TPSA) is 3.24 Å². The second-order valence-electron chi connectivity index (χ2n) is 21.8. The Kier molecular flexibility index (Phi) is 9.76. The van der Waals surface area contributed by atoms with Crippen LogP contribution in [-0.2, 0) is 10.8 Å². The zero-order valence-corrected chi connectivity index (χ0v) is 41.2. The maximum absolute atomic E-state index is 2.56. The van der Waals surface area contributed by atoms with E-state index in [9.17, 15) is 0 Å². The predicted molar refractivity (Wildman–Crippen MR) is 295 cm³/mol. The van der Waals surface area contributed by atoms with Crippen LogP contribution in [0.2, 0.25) is 0 Å². The lowest BCUT2D eigenvalue weighted by Gasteiger charge is -2.30. The van der Waals surface area contributed by atoms with E-state index in [4.69, 9.17) is 0 Å². The molecule has 0 radical (unpaired) electrons. The van der Waals surface area contributed by atoms with E-state index in [-0.39, 0.29) is 10.8 Å². The highest BCUT2D eigenvalue weighted by molar-refractivity contribution is 5.90. The third kappa shape index (κ3) is 6.65. The fourth-order valence-electron chi connectivity index (χ4n) is 13.3. The first kappa shape index (κ1) is 42.6. The van der Waals surface area contributed by atoms with Crippen LogP contribution in [-0.4, -0.2) is 0 Å². The molecule has 4 unspecified atom stereocenters. The lowest BCUT2D eigenvalue weighted by Crippen LogP contribution is -2.18. The number of hydrogen-bond acceptors (Lipinski definition) is 1. The molecule has 0 heterocycles. The smallest absolute Gasteiger partial charge is 0.0465 e. The molecule has 4 atom stereocenters. The van der Waals surface area contributed by atoms with Gasteiger partial charge in [-0.3, -0.25) is 0 Å². The largest absolute Gasteiger partial charge is 0.310 e. The summed E-state index contributed by atoms with van der Waals surface area (Å²) in [6, 6.07) is 75.9. The van der Waals surface area contributed by atoms with Gasteiger partial charge in [0.1, 0.15) is 0 Å². The molecule has 13 rings (SSSR count). The van der Waals surface area contributed by atoms with Crippen LogP contribution in [0.15, 0.2) is 212 Å². The van der Waals surface area contributed by atoms with Crippen LogP contribution < -0.4 is 4.90 Å². The first-order valence-electron chi connectivity index (χ1n) is 25.5. The molecule has 0 aliphatic heterocycles. The number of aryl methyl sites for hydroxylation is 1. The Morgan fingerprint density at radius 2 is 0.900 bits per heavy atom. The average Bonchev–Trinajstić information content (AvgIpc) is 3.90. The molecule has 0 amide bonds. The van der Waals surface area contributed by atoms with Gasteiger partial charge in [-0.25, -0.2) is 0 Å². The summed E-state index contributed by atoms with van der Waals surface area (Å²) >= 11 is 0. The molecular weight excluding hydrogens is 843 g/mol. The van der Waals surface area contributed by atoms with E-state index < -0.39 is 0 Å². The van der Waals surface area contributed by atoms with Gasteiger partial charge in [-0.05, 0) is 180 Å². The summed E-state index contributed by atoms with van der Waals surface area (Å²) in [5.74, 6) is 1.92. The van der Waals surface area contributed by atoms with Crippen LogP contribution in [0.5, 0.6) is 0 Å². The number of anilines is 3. The van der Waals surface area contributed by atoms with Gasteiger partial charge < -0.3 is 4.90 Å². The van der Waals surface area contributed by atoms with Crippen molar-refractivity contribution in [3.8, 4) is 55.6 Å². The molecule has 0 N–H and O–H groups in total. The Balaban J connectivity index is 0.906. The SMILES string of the molecule is Cc1ccccc1-c1cccc(-c2ccc3c(c2)C(C)(C)c2cc(N(c4ccc5c(c4)C(C)C4CC(c6ccccc6)C=CC54)c4ccc5c(c4)C(C)(C)c4cc(-c6ccccc6)ccc4-5)ccc2-3)c1. The minimum absolute atomic E-state index is 0.181. The monoisotopic (exact) mass is 901 g/mol. The van der Waals surface area contributed by atoms with E-state index >= 15 is 0 Å². The second-order valence-corrected chi connectivity index (χ2v) is 21.8. The Morgan fingerprint density at radius 1 is 0.400 bits per heavy atom. The summed E-state index contributed by atoms with van der Waals surface area (Å²) in [6.45, 7) is 14.4.